The molecule has 5 rings (SSSR count). The Balaban J connectivity index is 1.59. The lowest BCUT2D eigenvalue weighted by atomic mass is 10.1. The molecule has 7 heteroatoms. The molecule has 0 fully saturated rings. The van der Waals surface area contributed by atoms with Crippen LogP contribution in [0.1, 0.15) is 16.9 Å². The van der Waals surface area contributed by atoms with E-state index in [2.05, 4.69) is 4.98 Å². The molecule has 0 N–H and O–H groups in total. The number of nitrogens with zero attached hydrogens (tertiary/aromatic N) is 2. The number of rotatable bonds is 3. The van der Waals surface area contributed by atoms with Crippen LogP contribution in [0, 0.1) is 13.8 Å². The number of hydrogen-bond acceptors (Lipinski definition) is 5. The van der Waals surface area contributed by atoms with Crippen LogP contribution in [0.5, 0.6) is 5.75 Å². The molecule has 0 aliphatic rings. The predicted octanol–water partition coefficient (Wildman–Crippen LogP) is 5.00. The van der Waals surface area contributed by atoms with Crippen LogP contribution >= 0.6 is 22.9 Å². The molecule has 0 unspecified atom stereocenters. The highest BCUT2D eigenvalue weighted by atomic mass is 35.5. The van der Waals surface area contributed by atoms with Crippen molar-refractivity contribution in [1.82, 2.24) is 9.38 Å². The third kappa shape index (κ3) is 3.00. The molecule has 30 heavy (non-hydrogen) atoms. The second-order valence-corrected chi connectivity index (χ2v) is 8.54. The van der Waals surface area contributed by atoms with Crippen molar-refractivity contribution in [3.8, 4) is 17.1 Å². The molecule has 150 valence electrons. The third-order valence-corrected chi connectivity index (χ3v) is 6.45. The minimum atomic E-state index is -0.0915. The van der Waals surface area contributed by atoms with Gasteiger partial charge >= 0.3 is 0 Å². The minimum absolute atomic E-state index is 0.0915. The number of methoxy groups -OCH3 is 1. The Morgan fingerprint density at radius 2 is 1.93 bits per heavy atom. The van der Waals surface area contributed by atoms with Gasteiger partial charge in [-0.25, -0.2) is 9.38 Å². The molecule has 0 atom stereocenters. The Kier molecular flexibility index (Phi) is 4.41. The molecule has 0 aliphatic heterocycles. The Bertz CT molecular complexity index is 1540. The first-order valence-electron chi connectivity index (χ1n) is 9.32. The number of fused-ring (bicyclic) bond motifs is 3. The number of halogens is 1. The van der Waals surface area contributed by atoms with Crippen molar-refractivity contribution in [2.45, 2.75) is 13.8 Å². The lowest BCUT2D eigenvalue weighted by Crippen LogP contribution is -2.22. The Hall–Kier alpha value is -3.09. The van der Waals surface area contributed by atoms with Gasteiger partial charge in [0.05, 0.1) is 23.2 Å². The molecule has 0 saturated carbocycles. The van der Waals surface area contributed by atoms with Crippen molar-refractivity contribution >= 4 is 45.0 Å². The lowest BCUT2D eigenvalue weighted by Gasteiger charge is -2.03. The molecule has 3 heterocycles. The quantitative estimate of drug-likeness (QED) is 0.399. The highest BCUT2D eigenvalue weighted by molar-refractivity contribution is 7.15. The van der Waals surface area contributed by atoms with E-state index in [1.165, 1.54) is 11.3 Å². The fourth-order valence-corrected chi connectivity index (χ4v) is 4.68. The third-order valence-electron chi connectivity index (χ3n) is 5.19. The number of ether oxygens (including phenoxy) is 1. The topological polar surface area (TPSA) is 56.7 Å². The number of aryl methyl sites for hydroxylation is 2. The van der Waals surface area contributed by atoms with Gasteiger partial charge in [0.25, 0.3) is 5.56 Å². The summed E-state index contributed by atoms with van der Waals surface area (Å²) in [6, 6.07) is 13.2. The summed E-state index contributed by atoms with van der Waals surface area (Å²) >= 11 is 7.57. The molecule has 0 amide bonds. The Morgan fingerprint density at radius 1 is 1.13 bits per heavy atom. The van der Waals surface area contributed by atoms with Crippen molar-refractivity contribution in [2.24, 2.45) is 0 Å². The van der Waals surface area contributed by atoms with Crippen molar-refractivity contribution in [3.05, 3.63) is 79.3 Å². The molecule has 0 spiro atoms. The van der Waals surface area contributed by atoms with E-state index in [0.717, 1.165) is 27.7 Å². The summed E-state index contributed by atoms with van der Waals surface area (Å²) < 4.78 is 13.4. The standard InChI is InChI=1S/C23H17ClN2O3S/c1-12-8-17-18(9-13(12)2)26-22(27)21(30-23(26)25-17)11-15-5-7-19(29-15)14-4-6-20(28-3)16(24)10-14/h4-11H,1-3H3/b21-11-. The van der Waals surface area contributed by atoms with Gasteiger partial charge < -0.3 is 9.15 Å². The zero-order chi connectivity index (χ0) is 21.0. The van der Waals surface area contributed by atoms with E-state index < -0.39 is 0 Å². The first kappa shape index (κ1) is 18.9. The average Bonchev–Trinajstić information content (AvgIpc) is 3.39. The Morgan fingerprint density at radius 3 is 2.70 bits per heavy atom. The maximum absolute atomic E-state index is 13.0. The van der Waals surface area contributed by atoms with Crippen LogP contribution in [0.2, 0.25) is 5.02 Å². The van der Waals surface area contributed by atoms with E-state index >= 15 is 0 Å². The minimum Gasteiger partial charge on any atom is -0.495 e. The van der Waals surface area contributed by atoms with Crippen LogP contribution in [-0.2, 0) is 0 Å². The molecule has 0 aliphatic carbocycles. The van der Waals surface area contributed by atoms with E-state index in [9.17, 15) is 4.79 Å². The van der Waals surface area contributed by atoms with Gasteiger partial charge in [-0.1, -0.05) is 22.9 Å². The fraction of sp³-hybridized carbons (Fsp3) is 0.130. The van der Waals surface area contributed by atoms with Crippen LogP contribution < -0.4 is 14.8 Å². The smallest absolute Gasteiger partial charge is 0.275 e. The van der Waals surface area contributed by atoms with Crippen LogP contribution in [0.3, 0.4) is 0 Å². The molecule has 3 aromatic heterocycles. The van der Waals surface area contributed by atoms with Crippen LogP contribution in [0.25, 0.3) is 33.4 Å². The molecular formula is C23H17ClN2O3S. The fourth-order valence-electron chi connectivity index (χ4n) is 3.45. The van der Waals surface area contributed by atoms with Crippen molar-refractivity contribution in [2.75, 3.05) is 7.11 Å². The summed E-state index contributed by atoms with van der Waals surface area (Å²) in [5.41, 5.74) is 4.71. The predicted molar refractivity (Wildman–Crippen MR) is 121 cm³/mol. The summed E-state index contributed by atoms with van der Waals surface area (Å²) in [6.07, 6.45) is 1.75. The number of thiazole rings is 1. The van der Waals surface area contributed by atoms with Crippen LogP contribution in [0.4, 0.5) is 0 Å². The summed E-state index contributed by atoms with van der Waals surface area (Å²) in [5, 5.41) is 0.510. The van der Waals surface area contributed by atoms with Gasteiger partial charge in [-0.2, -0.15) is 0 Å². The number of imidazole rings is 1. The van der Waals surface area contributed by atoms with Crippen molar-refractivity contribution in [3.63, 3.8) is 0 Å². The highest BCUT2D eigenvalue weighted by Gasteiger charge is 2.13. The zero-order valence-electron chi connectivity index (χ0n) is 16.5. The summed E-state index contributed by atoms with van der Waals surface area (Å²) in [5.74, 6) is 1.86. The average molecular weight is 437 g/mol. The van der Waals surface area contributed by atoms with Crippen molar-refractivity contribution in [1.29, 1.82) is 0 Å². The van der Waals surface area contributed by atoms with E-state index in [1.807, 2.05) is 44.2 Å². The number of hydrogen-bond donors (Lipinski definition) is 0. The number of benzene rings is 2. The van der Waals surface area contributed by atoms with Gasteiger partial charge in [0.15, 0.2) is 4.96 Å². The van der Waals surface area contributed by atoms with Gasteiger partial charge in [-0.15, -0.1) is 0 Å². The maximum Gasteiger partial charge on any atom is 0.275 e. The van der Waals surface area contributed by atoms with Gasteiger partial charge in [-0.3, -0.25) is 4.79 Å². The van der Waals surface area contributed by atoms with E-state index in [4.69, 9.17) is 20.8 Å². The summed E-state index contributed by atoms with van der Waals surface area (Å²) in [7, 11) is 1.57. The highest BCUT2D eigenvalue weighted by Crippen LogP contribution is 2.31. The molecule has 5 nitrogen and oxygen atoms in total. The second kappa shape index (κ2) is 7.00. The van der Waals surface area contributed by atoms with Gasteiger partial charge in [-0.05, 0) is 67.4 Å². The van der Waals surface area contributed by atoms with E-state index in [0.29, 0.717) is 31.8 Å². The van der Waals surface area contributed by atoms with Crippen LogP contribution in [0.15, 0.2) is 51.7 Å². The lowest BCUT2D eigenvalue weighted by molar-refractivity contribution is 0.415. The first-order valence-corrected chi connectivity index (χ1v) is 10.5. The second-order valence-electron chi connectivity index (χ2n) is 7.12. The molecule has 2 aromatic carbocycles. The summed E-state index contributed by atoms with van der Waals surface area (Å²) in [4.78, 5) is 18.3. The van der Waals surface area contributed by atoms with Gasteiger partial charge in [0.2, 0.25) is 0 Å². The number of aromatic nitrogens is 2. The monoisotopic (exact) mass is 436 g/mol. The zero-order valence-corrected chi connectivity index (χ0v) is 18.1. The van der Waals surface area contributed by atoms with E-state index in [1.54, 1.807) is 29.7 Å². The molecule has 0 radical (unpaired) electrons. The van der Waals surface area contributed by atoms with E-state index in [-0.39, 0.29) is 5.56 Å². The van der Waals surface area contributed by atoms with Gasteiger partial charge in [0, 0.05) is 11.6 Å². The summed E-state index contributed by atoms with van der Waals surface area (Å²) in [6.45, 7) is 4.08. The maximum atomic E-state index is 13.0. The first-order chi connectivity index (χ1) is 14.4. The molecule has 5 aromatic rings. The Labute approximate surface area is 180 Å². The SMILES string of the molecule is COc1ccc(-c2ccc(/C=c3\sc4nc5cc(C)c(C)cc5n4c3=O)o2)cc1Cl. The van der Waals surface area contributed by atoms with Gasteiger partial charge in [0.1, 0.15) is 21.8 Å². The van der Waals surface area contributed by atoms with Crippen molar-refractivity contribution < 1.29 is 9.15 Å². The number of furan rings is 1. The largest absolute Gasteiger partial charge is 0.495 e. The normalized spacial score (nSPS) is 12.3. The molecule has 0 saturated heterocycles. The molecular weight excluding hydrogens is 420 g/mol. The van der Waals surface area contributed by atoms with Crippen LogP contribution in [-0.4, -0.2) is 16.5 Å². The molecule has 0 bridgehead atoms.